The van der Waals surface area contributed by atoms with Gasteiger partial charge < -0.3 is 14.8 Å². The Morgan fingerprint density at radius 1 is 0.957 bits per heavy atom. The van der Waals surface area contributed by atoms with E-state index in [4.69, 9.17) is 9.47 Å². The highest BCUT2D eigenvalue weighted by Gasteiger charge is 2.22. The maximum absolute atomic E-state index is 12.2. The summed E-state index contributed by atoms with van der Waals surface area (Å²) in [4.78, 5) is 0. The van der Waals surface area contributed by atoms with Crippen molar-refractivity contribution in [3.63, 3.8) is 0 Å². The molecule has 0 unspecified atom stereocenters. The van der Waals surface area contributed by atoms with Crippen LogP contribution in [-0.4, -0.2) is 53.7 Å². The Morgan fingerprint density at radius 3 is 2.28 bits per heavy atom. The van der Waals surface area contributed by atoms with Crippen molar-refractivity contribution in [3.8, 4) is 34.1 Å². The summed E-state index contributed by atoms with van der Waals surface area (Å²) in [5.41, 5.74) is 8.20. The molecule has 46 heavy (non-hydrogen) atoms. The fraction of sp³-hybridized carbons (Fsp3) is 0.265. The first-order chi connectivity index (χ1) is 21.7. The summed E-state index contributed by atoms with van der Waals surface area (Å²) in [5.74, 6) is 1.14. The normalized spacial score (nSPS) is 11.7. The third-order valence-corrected chi connectivity index (χ3v) is 8.23. The number of nitrogens with one attached hydrogen (secondary N) is 2. The molecular formula is C34H39N7O4S. The van der Waals surface area contributed by atoms with Crippen LogP contribution < -0.4 is 19.5 Å². The first-order valence-corrected chi connectivity index (χ1v) is 16.5. The Kier molecular flexibility index (Phi) is 8.68. The van der Waals surface area contributed by atoms with Gasteiger partial charge in [0.05, 0.1) is 61.3 Å². The molecule has 0 amide bonds. The number of sulfonamides is 1. The van der Waals surface area contributed by atoms with Crippen molar-refractivity contribution in [2.45, 2.75) is 40.0 Å². The van der Waals surface area contributed by atoms with Gasteiger partial charge in [-0.15, -0.1) is 5.10 Å². The molecule has 0 bridgehead atoms. The van der Waals surface area contributed by atoms with Crippen LogP contribution in [0.1, 0.15) is 43.2 Å². The van der Waals surface area contributed by atoms with E-state index in [-0.39, 0.29) is 5.41 Å². The molecule has 0 saturated heterocycles. The topological polar surface area (TPSA) is 125 Å². The molecule has 12 heteroatoms. The van der Waals surface area contributed by atoms with Crippen molar-refractivity contribution in [1.29, 1.82) is 0 Å². The first-order valence-electron chi connectivity index (χ1n) is 14.6. The summed E-state index contributed by atoms with van der Waals surface area (Å²) in [7, 11) is -0.412. The maximum Gasteiger partial charge on any atom is 0.229 e. The third kappa shape index (κ3) is 6.76. The molecule has 0 aliphatic carbocycles. The molecule has 0 aliphatic heterocycles. The van der Waals surface area contributed by atoms with Gasteiger partial charge in [-0.3, -0.25) is 4.72 Å². The molecule has 0 saturated carbocycles. The van der Waals surface area contributed by atoms with E-state index in [2.05, 4.69) is 52.8 Å². The lowest BCUT2D eigenvalue weighted by molar-refractivity contribution is 0.414. The largest absolute Gasteiger partial charge is 0.497 e. The monoisotopic (exact) mass is 641 g/mol. The Balaban J connectivity index is 1.45. The molecular weight excluding hydrogens is 602 g/mol. The number of ether oxygens (including phenoxy) is 2. The van der Waals surface area contributed by atoms with Crippen molar-refractivity contribution in [3.05, 3.63) is 96.0 Å². The van der Waals surface area contributed by atoms with E-state index in [1.165, 1.54) is 7.11 Å². The van der Waals surface area contributed by atoms with Crippen LogP contribution in [0.2, 0.25) is 0 Å². The third-order valence-electron chi connectivity index (χ3n) is 7.64. The zero-order chi connectivity index (χ0) is 33.4. The highest BCUT2D eigenvalue weighted by Crippen LogP contribution is 2.40. The second-order valence-corrected chi connectivity index (χ2v) is 13.9. The number of aryl methyl sites for hydroxylation is 1. The van der Waals surface area contributed by atoms with Crippen molar-refractivity contribution in [1.82, 2.24) is 24.8 Å². The van der Waals surface area contributed by atoms with Gasteiger partial charge in [-0.25, -0.2) is 17.8 Å². The van der Waals surface area contributed by atoms with Gasteiger partial charge >= 0.3 is 0 Å². The quantitative estimate of drug-likeness (QED) is 0.177. The van der Waals surface area contributed by atoms with Crippen LogP contribution in [0.5, 0.6) is 11.5 Å². The van der Waals surface area contributed by atoms with E-state index in [9.17, 15) is 8.42 Å². The molecule has 5 aromatic rings. The van der Waals surface area contributed by atoms with E-state index >= 15 is 0 Å². The molecule has 0 aliphatic rings. The molecule has 2 aromatic heterocycles. The van der Waals surface area contributed by atoms with Crippen molar-refractivity contribution >= 4 is 27.1 Å². The predicted octanol–water partition coefficient (Wildman–Crippen LogP) is 6.51. The van der Waals surface area contributed by atoms with E-state index in [0.29, 0.717) is 28.5 Å². The van der Waals surface area contributed by atoms with Crippen LogP contribution in [0, 0.1) is 13.8 Å². The lowest BCUT2D eigenvalue weighted by Gasteiger charge is -2.24. The summed E-state index contributed by atoms with van der Waals surface area (Å²) >= 11 is 0. The number of hydrogen-bond acceptors (Lipinski definition) is 8. The zero-order valence-corrected chi connectivity index (χ0v) is 28.2. The smallest absolute Gasteiger partial charge is 0.229 e. The van der Waals surface area contributed by atoms with E-state index < -0.39 is 10.0 Å². The van der Waals surface area contributed by atoms with Gasteiger partial charge in [0.15, 0.2) is 5.75 Å². The number of aromatic nitrogens is 5. The summed E-state index contributed by atoms with van der Waals surface area (Å²) < 4.78 is 41.4. The fourth-order valence-electron chi connectivity index (χ4n) is 5.08. The summed E-state index contributed by atoms with van der Waals surface area (Å²) in [6.45, 7) is 14.5. The Hall–Kier alpha value is -5.10. The van der Waals surface area contributed by atoms with Gasteiger partial charge in [-0.2, -0.15) is 5.10 Å². The summed E-state index contributed by atoms with van der Waals surface area (Å²) in [6.07, 6.45) is 4.78. The van der Waals surface area contributed by atoms with E-state index in [1.54, 1.807) is 24.1 Å². The molecule has 0 atom stereocenters. The van der Waals surface area contributed by atoms with Gasteiger partial charge in [-0.05, 0) is 78.4 Å². The van der Waals surface area contributed by atoms with E-state index in [0.717, 1.165) is 51.3 Å². The van der Waals surface area contributed by atoms with Crippen molar-refractivity contribution < 1.29 is 17.9 Å². The van der Waals surface area contributed by atoms with Crippen LogP contribution in [0.4, 0.5) is 11.4 Å². The maximum atomic E-state index is 12.2. The van der Waals surface area contributed by atoms with Crippen LogP contribution in [0.15, 0.2) is 73.6 Å². The SMILES string of the molecule is C=C(Nc1cc(C(C)(C)C)cc(NS(C)(=O)=O)c1OC)c1ccc(C)c(-n2cc(-c3cnn(-c4ccc(OC)cc4)c3C)nn2)c1. The Morgan fingerprint density at radius 2 is 1.65 bits per heavy atom. The number of benzene rings is 3. The van der Waals surface area contributed by atoms with Crippen LogP contribution in [0.25, 0.3) is 28.3 Å². The summed E-state index contributed by atoms with van der Waals surface area (Å²) in [6, 6.07) is 17.4. The second kappa shape index (κ2) is 12.4. The molecule has 0 fully saturated rings. The minimum atomic E-state index is -3.55. The number of hydrogen-bond donors (Lipinski definition) is 2. The molecule has 5 rings (SSSR count). The number of rotatable bonds is 10. The minimum absolute atomic E-state index is 0.261. The first kappa shape index (κ1) is 32.3. The lowest BCUT2D eigenvalue weighted by atomic mass is 9.86. The number of anilines is 2. The van der Waals surface area contributed by atoms with Gasteiger partial charge in [-0.1, -0.05) is 44.7 Å². The predicted molar refractivity (Wildman–Crippen MR) is 183 cm³/mol. The van der Waals surface area contributed by atoms with Gasteiger partial charge in [0.2, 0.25) is 10.0 Å². The van der Waals surface area contributed by atoms with Crippen LogP contribution >= 0.6 is 0 Å². The molecule has 11 nitrogen and oxygen atoms in total. The zero-order valence-electron chi connectivity index (χ0n) is 27.3. The number of nitrogens with zero attached hydrogens (tertiary/aromatic N) is 5. The standard InChI is InChI=1S/C34H39N7O4S/c1-21-10-11-24(22(2)36-29-17-25(34(4,5)6)18-30(33(29)45-8)38-46(9,42)43)16-32(21)40-20-31(37-39-40)28-19-35-41(23(28)3)26-12-14-27(44-7)15-13-26/h10-20,36,38H,2H2,1,3-9H3. The van der Waals surface area contributed by atoms with Gasteiger partial charge in [0.25, 0.3) is 0 Å². The van der Waals surface area contributed by atoms with Gasteiger partial charge in [0.1, 0.15) is 11.4 Å². The highest BCUT2D eigenvalue weighted by molar-refractivity contribution is 7.92. The van der Waals surface area contributed by atoms with E-state index in [1.807, 2.05) is 73.3 Å². The van der Waals surface area contributed by atoms with Gasteiger partial charge in [0, 0.05) is 11.3 Å². The van der Waals surface area contributed by atoms with Crippen LogP contribution in [0.3, 0.4) is 0 Å². The lowest BCUT2D eigenvalue weighted by Crippen LogP contribution is -2.16. The number of methoxy groups -OCH3 is 2. The molecule has 2 heterocycles. The average Bonchev–Trinajstić information content (AvgIpc) is 3.62. The Labute approximate surface area is 269 Å². The van der Waals surface area contributed by atoms with Crippen LogP contribution in [-0.2, 0) is 15.4 Å². The second-order valence-electron chi connectivity index (χ2n) is 12.1. The summed E-state index contributed by atoms with van der Waals surface area (Å²) in [5, 5.41) is 16.9. The average molecular weight is 642 g/mol. The minimum Gasteiger partial charge on any atom is -0.497 e. The Bertz CT molecular complexity index is 2020. The van der Waals surface area contributed by atoms with Crippen molar-refractivity contribution in [2.75, 3.05) is 30.5 Å². The fourth-order valence-corrected chi connectivity index (χ4v) is 5.63. The highest BCUT2D eigenvalue weighted by atomic mass is 32.2. The molecule has 2 N–H and O–H groups in total. The molecule has 0 radical (unpaired) electrons. The van der Waals surface area contributed by atoms with Crippen molar-refractivity contribution in [2.24, 2.45) is 0 Å². The molecule has 3 aromatic carbocycles. The molecule has 240 valence electrons. The molecule has 0 spiro atoms.